The number of aryl methyl sites for hydroxylation is 1. The smallest absolute Gasteiger partial charge is 0.123 e. The van der Waals surface area contributed by atoms with Crippen molar-refractivity contribution in [1.82, 2.24) is 4.98 Å². The van der Waals surface area contributed by atoms with E-state index in [1.54, 1.807) is 0 Å². The predicted octanol–water partition coefficient (Wildman–Crippen LogP) is 2.29. The van der Waals surface area contributed by atoms with Crippen LogP contribution < -0.4 is 5.73 Å². The van der Waals surface area contributed by atoms with Crippen LogP contribution in [0.1, 0.15) is 31.0 Å². The fourth-order valence-corrected chi connectivity index (χ4v) is 1.19. The van der Waals surface area contributed by atoms with Crippen molar-refractivity contribution in [3.05, 3.63) is 23.4 Å². The molecule has 0 saturated carbocycles. The maximum atomic E-state index is 5.55. The van der Waals surface area contributed by atoms with Gasteiger partial charge >= 0.3 is 0 Å². The summed E-state index contributed by atoms with van der Waals surface area (Å²) in [4.78, 5) is 4.17. The number of nitrogen functional groups attached to an aromatic ring is 1. The van der Waals surface area contributed by atoms with E-state index in [2.05, 4.69) is 11.9 Å². The Labute approximate surface area is 85.3 Å². The first-order valence-electron chi connectivity index (χ1n) is 5.03. The van der Waals surface area contributed by atoms with E-state index in [0.29, 0.717) is 12.4 Å². The number of nitrogens with two attached hydrogens (primary N) is 1. The molecule has 0 amide bonds. The quantitative estimate of drug-likeness (QED) is 0.731. The zero-order valence-corrected chi connectivity index (χ0v) is 8.92. The summed E-state index contributed by atoms with van der Waals surface area (Å²) < 4.78 is 5.50. The monoisotopic (exact) mass is 194 g/mol. The average molecular weight is 194 g/mol. The van der Waals surface area contributed by atoms with Gasteiger partial charge in [-0.05, 0) is 25.0 Å². The Kier molecular flexibility index (Phi) is 4.40. The van der Waals surface area contributed by atoms with Crippen LogP contribution in [0.15, 0.2) is 12.1 Å². The van der Waals surface area contributed by atoms with Gasteiger partial charge in [0.25, 0.3) is 0 Å². The molecule has 0 fully saturated rings. The minimum absolute atomic E-state index is 0.569. The number of unbranched alkanes of at least 4 members (excludes halogenated alkanes) is 1. The van der Waals surface area contributed by atoms with Gasteiger partial charge in [0.2, 0.25) is 0 Å². The normalized spacial score (nSPS) is 10.4. The number of anilines is 1. The predicted molar refractivity (Wildman–Crippen MR) is 58.0 cm³/mol. The van der Waals surface area contributed by atoms with E-state index in [9.17, 15) is 0 Å². The molecule has 0 saturated heterocycles. The highest BCUT2D eigenvalue weighted by atomic mass is 16.5. The highest BCUT2D eigenvalue weighted by Gasteiger charge is 1.99. The standard InChI is InChI=1S/C11H18N2O/c1-3-4-7-14-8-10-5-6-11(12)13-9(10)2/h5-6H,3-4,7-8H2,1-2H3,(H2,12,13). The van der Waals surface area contributed by atoms with E-state index >= 15 is 0 Å². The average Bonchev–Trinajstić information content (AvgIpc) is 2.15. The zero-order chi connectivity index (χ0) is 10.4. The molecule has 0 aliphatic carbocycles. The molecular formula is C11H18N2O. The van der Waals surface area contributed by atoms with Gasteiger partial charge in [0.1, 0.15) is 5.82 Å². The van der Waals surface area contributed by atoms with Crippen LogP contribution in [0.2, 0.25) is 0 Å². The zero-order valence-electron chi connectivity index (χ0n) is 8.92. The molecule has 3 heteroatoms. The SMILES string of the molecule is CCCCOCc1ccc(N)nc1C. The number of hydrogen-bond donors (Lipinski definition) is 1. The van der Waals surface area contributed by atoms with Crippen LogP contribution in [0.3, 0.4) is 0 Å². The molecule has 0 radical (unpaired) electrons. The summed E-state index contributed by atoms with van der Waals surface area (Å²) in [7, 11) is 0. The summed E-state index contributed by atoms with van der Waals surface area (Å²) >= 11 is 0. The molecule has 1 heterocycles. The van der Waals surface area contributed by atoms with Gasteiger partial charge in [-0.1, -0.05) is 19.4 Å². The molecular weight excluding hydrogens is 176 g/mol. The van der Waals surface area contributed by atoms with Crippen molar-refractivity contribution >= 4 is 5.82 Å². The molecule has 0 aliphatic rings. The number of hydrogen-bond acceptors (Lipinski definition) is 3. The summed E-state index contributed by atoms with van der Waals surface area (Å²) in [6.07, 6.45) is 2.28. The van der Waals surface area contributed by atoms with E-state index in [4.69, 9.17) is 10.5 Å². The molecule has 0 aromatic carbocycles. The van der Waals surface area contributed by atoms with Gasteiger partial charge in [-0.15, -0.1) is 0 Å². The Morgan fingerprint density at radius 1 is 1.43 bits per heavy atom. The van der Waals surface area contributed by atoms with Crippen LogP contribution in [-0.4, -0.2) is 11.6 Å². The topological polar surface area (TPSA) is 48.1 Å². The van der Waals surface area contributed by atoms with Crippen LogP contribution in [-0.2, 0) is 11.3 Å². The number of nitrogens with zero attached hydrogens (tertiary/aromatic N) is 1. The summed E-state index contributed by atoms with van der Waals surface area (Å²) in [5.74, 6) is 0.569. The fraction of sp³-hybridized carbons (Fsp3) is 0.545. The molecule has 14 heavy (non-hydrogen) atoms. The maximum Gasteiger partial charge on any atom is 0.123 e. The van der Waals surface area contributed by atoms with Crippen molar-refractivity contribution in [1.29, 1.82) is 0 Å². The molecule has 0 unspecified atom stereocenters. The van der Waals surface area contributed by atoms with E-state index in [1.807, 2.05) is 19.1 Å². The van der Waals surface area contributed by atoms with Crippen molar-refractivity contribution in [2.24, 2.45) is 0 Å². The van der Waals surface area contributed by atoms with Gasteiger partial charge in [-0.2, -0.15) is 0 Å². The van der Waals surface area contributed by atoms with Gasteiger partial charge in [0.15, 0.2) is 0 Å². The minimum atomic E-state index is 0.569. The Bertz CT molecular complexity index is 287. The molecule has 0 bridgehead atoms. The summed E-state index contributed by atoms with van der Waals surface area (Å²) in [6, 6.07) is 3.79. The van der Waals surface area contributed by atoms with Crippen molar-refractivity contribution in [3.8, 4) is 0 Å². The minimum Gasteiger partial charge on any atom is -0.384 e. The highest BCUT2D eigenvalue weighted by molar-refractivity contribution is 5.33. The molecule has 0 atom stereocenters. The van der Waals surface area contributed by atoms with E-state index in [-0.39, 0.29) is 0 Å². The van der Waals surface area contributed by atoms with Gasteiger partial charge in [-0.3, -0.25) is 0 Å². The van der Waals surface area contributed by atoms with Gasteiger partial charge in [0.05, 0.1) is 6.61 Å². The maximum absolute atomic E-state index is 5.55. The van der Waals surface area contributed by atoms with Crippen molar-refractivity contribution < 1.29 is 4.74 Å². The largest absolute Gasteiger partial charge is 0.384 e. The fourth-order valence-electron chi connectivity index (χ4n) is 1.19. The van der Waals surface area contributed by atoms with Gasteiger partial charge < -0.3 is 10.5 Å². The lowest BCUT2D eigenvalue weighted by molar-refractivity contribution is 0.117. The lowest BCUT2D eigenvalue weighted by Crippen LogP contribution is -2.00. The molecule has 78 valence electrons. The molecule has 0 aliphatic heterocycles. The third kappa shape index (κ3) is 3.34. The summed E-state index contributed by atoms with van der Waals surface area (Å²) in [5.41, 5.74) is 7.63. The third-order valence-corrected chi connectivity index (χ3v) is 2.12. The van der Waals surface area contributed by atoms with Crippen LogP contribution >= 0.6 is 0 Å². The number of ether oxygens (including phenoxy) is 1. The number of rotatable bonds is 5. The Hall–Kier alpha value is -1.09. The second-order valence-electron chi connectivity index (χ2n) is 3.39. The highest BCUT2D eigenvalue weighted by Crippen LogP contribution is 2.09. The first kappa shape index (κ1) is 11.0. The molecule has 1 aromatic rings. The van der Waals surface area contributed by atoms with Crippen LogP contribution in [0.5, 0.6) is 0 Å². The second-order valence-corrected chi connectivity index (χ2v) is 3.39. The number of pyridine rings is 1. The summed E-state index contributed by atoms with van der Waals surface area (Å²) in [5, 5.41) is 0. The van der Waals surface area contributed by atoms with E-state index < -0.39 is 0 Å². The Morgan fingerprint density at radius 3 is 2.86 bits per heavy atom. The lowest BCUT2D eigenvalue weighted by Gasteiger charge is -2.06. The molecule has 1 rings (SSSR count). The van der Waals surface area contributed by atoms with Crippen molar-refractivity contribution in [2.75, 3.05) is 12.3 Å². The Morgan fingerprint density at radius 2 is 2.21 bits per heavy atom. The van der Waals surface area contributed by atoms with E-state index in [1.165, 1.54) is 6.42 Å². The van der Waals surface area contributed by atoms with E-state index in [0.717, 1.165) is 24.3 Å². The molecule has 3 nitrogen and oxygen atoms in total. The van der Waals surface area contributed by atoms with Gasteiger partial charge in [-0.25, -0.2) is 4.98 Å². The second kappa shape index (κ2) is 5.60. The van der Waals surface area contributed by atoms with Gasteiger partial charge in [0, 0.05) is 12.3 Å². The van der Waals surface area contributed by atoms with Crippen LogP contribution in [0.25, 0.3) is 0 Å². The van der Waals surface area contributed by atoms with Crippen molar-refractivity contribution in [3.63, 3.8) is 0 Å². The molecule has 1 aromatic heterocycles. The van der Waals surface area contributed by atoms with Crippen LogP contribution in [0, 0.1) is 6.92 Å². The Balaban J connectivity index is 2.42. The first-order chi connectivity index (χ1) is 6.74. The van der Waals surface area contributed by atoms with Crippen molar-refractivity contribution in [2.45, 2.75) is 33.3 Å². The first-order valence-corrected chi connectivity index (χ1v) is 5.03. The van der Waals surface area contributed by atoms with Crippen LogP contribution in [0.4, 0.5) is 5.82 Å². The molecule has 2 N–H and O–H groups in total. The third-order valence-electron chi connectivity index (χ3n) is 2.12. The summed E-state index contributed by atoms with van der Waals surface area (Å²) in [6.45, 7) is 5.56. The molecule has 0 spiro atoms. The number of aromatic nitrogens is 1. The lowest BCUT2D eigenvalue weighted by atomic mass is 10.2.